The Morgan fingerprint density at radius 2 is 0.742 bits per heavy atom. The first-order valence-corrected chi connectivity index (χ1v) is 28.4. The Morgan fingerprint density at radius 1 is 0.461 bits per heavy atom. The summed E-state index contributed by atoms with van der Waals surface area (Å²) < 4.78 is 85.6. The summed E-state index contributed by atoms with van der Waals surface area (Å²) in [7, 11) is -4.51. The second-order valence-corrected chi connectivity index (χ2v) is 21.7. The van der Waals surface area contributed by atoms with E-state index in [4.69, 9.17) is 61.5 Å². The van der Waals surface area contributed by atoms with Gasteiger partial charge in [0.15, 0.2) is 71.7 Å². The summed E-state index contributed by atoms with van der Waals surface area (Å²) in [5, 5.41) is 25.4. The van der Waals surface area contributed by atoms with Crippen LogP contribution >= 0.6 is 8.17 Å². The van der Waals surface area contributed by atoms with Crippen LogP contribution in [0.2, 0.25) is 0 Å². The van der Waals surface area contributed by atoms with E-state index >= 15 is 13.2 Å². The number of Topliss-reactive ketones (excluding diaryl/α,β-unsaturated/α-hetero) is 3. The smallest absolute Gasteiger partial charge is 0.398 e. The molecule has 0 aliphatic heterocycles. The second-order valence-electron chi connectivity index (χ2n) is 20.0. The summed E-state index contributed by atoms with van der Waals surface area (Å²) in [5.74, 6) is -3.60. The molecule has 452 valence electrons. The van der Waals surface area contributed by atoms with Gasteiger partial charge >= 0.3 is 8.17 Å². The van der Waals surface area contributed by atoms with Gasteiger partial charge in [-0.1, -0.05) is 36.2 Å². The van der Waals surface area contributed by atoms with E-state index in [1.165, 1.54) is 88.0 Å². The summed E-state index contributed by atoms with van der Waals surface area (Å²) in [6, 6.07) is 7.02. The molecule has 12 rings (SSSR count). The molecule has 0 aliphatic rings. The maximum atomic E-state index is 15.6. The maximum absolute atomic E-state index is 15.6. The Balaban J connectivity index is 0.832. The zero-order chi connectivity index (χ0) is 62.7. The van der Waals surface area contributed by atoms with E-state index in [1.807, 2.05) is 0 Å². The van der Waals surface area contributed by atoms with E-state index in [2.05, 4.69) is 45.7 Å². The SMILES string of the molecule is CCC(=O)c1cc(-c2ncc(-c3cnn(CO[P+](O)(OCn4cc(-c5cnc(-c6cc(C(=O)CC)c(N)cc6F)c6c(N)noc56)cn4)OCn4cc(-c5cnc(-c6cc(C(=O)CC)c(N)cc6F)c6c(N)noc56)cn4)c3)c3onc(N)c23)c(F)cc1N. The van der Waals surface area contributed by atoms with Crippen molar-refractivity contribution < 1.29 is 59.6 Å². The van der Waals surface area contributed by atoms with Gasteiger partial charge in [0.05, 0.1) is 51.8 Å². The Labute approximate surface area is 498 Å². The number of pyridine rings is 3. The number of rotatable bonds is 21. The third kappa shape index (κ3) is 10.6. The van der Waals surface area contributed by atoms with Crippen molar-refractivity contribution in [2.75, 3.05) is 34.4 Å². The van der Waals surface area contributed by atoms with Crippen LogP contribution in [0, 0.1) is 17.5 Å². The van der Waals surface area contributed by atoms with Gasteiger partial charge in [0.25, 0.3) is 0 Å². The number of halogens is 3. The Kier molecular flexibility index (Phi) is 15.1. The van der Waals surface area contributed by atoms with Crippen molar-refractivity contribution in [2.24, 2.45) is 0 Å². The predicted octanol–water partition coefficient (Wildman–Crippen LogP) is 9.57. The number of nitrogens with zero attached hydrogens (tertiary/aromatic N) is 12. The van der Waals surface area contributed by atoms with Crippen molar-refractivity contribution in [3.05, 3.63) is 126 Å². The van der Waals surface area contributed by atoms with Crippen LogP contribution in [-0.2, 0) is 33.8 Å². The number of fused-ring (bicyclic) bond motifs is 3. The van der Waals surface area contributed by atoms with Crippen molar-refractivity contribution >= 4 is 92.9 Å². The largest absolute Gasteiger partial charge is 0.578 e. The fourth-order valence-corrected chi connectivity index (χ4v) is 11.0. The highest BCUT2D eigenvalue weighted by Crippen LogP contribution is 2.59. The van der Waals surface area contributed by atoms with Crippen LogP contribution in [0.25, 0.3) is 100 Å². The first-order chi connectivity index (χ1) is 42.8. The number of hydrogen-bond acceptors (Lipinski definition) is 25. The molecule has 0 saturated heterocycles. The molecule has 9 aromatic heterocycles. The topological polar surface area (TPSA) is 425 Å². The summed E-state index contributed by atoms with van der Waals surface area (Å²) in [6.45, 7) is 3.39. The maximum Gasteiger partial charge on any atom is 0.578 e. The van der Waals surface area contributed by atoms with E-state index in [0.717, 1.165) is 18.2 Å². The van der Waals surface area contributed by atoms with E-state index in [-0.39, 0.29) is 154 Å². The van der Waals surface area contributed by atoms with Crippen LogP contribution in [0.3, 0.4) is 0 Å². The molecule has 0 radical (unpaired) electrons. The van der Waals surface area contributed by atoms with Crippen LogP contribution in [0.4, 0.5) is 47.7 Å². The van der Waals surface area contributed by atoms with Gasteiger partial charge in [0, 0.05) is 140 Å². The number of ketones is 3. The summed E-state index contributed by atoms with van der Waals surface area (Å²) in [4.78, 5) is 64.0. The molecule has 0 amide bonds. The van der Waals surface area contributed by atoms with Gasteiger partial charge in [-0.25, -0.2) is 27.2 Å². The Morgan fingerprint density at radius 3 is 1.01 bits per heavy atom. The van der Waals surface area contributed by atoms with E-state index in [0.29, 0.717) is 33.4 Å². The van der Waals surface area contributed by atoms with Crippen LogP contribution in [0.15, 0.2) is 106 Å². The van der Waals surface area contributed by atoms with Crippen molar-refractivity contribution in [2.45, 2.75) is 60.2 Å². The number of benzene rings is 3. The van der Waals surface area contributed by atoms with Crippen molar-refractivity contribution in [3.8, 4) is 67.2 Å². The minimum absolute atomic E-state index is 0.0350. The molecule has 0 fully saturated rings. The average molecular weight is 1230 g/mol. The van der Waals surface area contributed by atoms with Gasteiger partial charge in [0.2, 0.25) is 0 Å². The molecule has 13 N–H and O–H groups in total. The standard InChI is InChI=1S/C57H48F3N18O10P/c1-4-43(79)31-7-28(37(58)10-40(31)61)49-46-52(86-73-55(46)64)34(16-67-49)25-13-70-76(19-25)22-83-89(82,84-23-77-20-26(14-71-77)35-17-68-50(47-53(35)87-74-56(47)65)29-8-32(44(80)5-2)41(62)11-38(29)59)85-24-78-21-27(15-72-78)36-18-69-51(48-54(36)88-75-57(48)66)30-9-33(45(81)6-3)42(63)12-39(30)60/h7-21,82H,4-6,22-24H2,1-3H3,(H11-,61,62,63,64,65,66,67,68,69,73,74,75,79,80,81)/p+1. The van der Waals surface area contributed by atoms with Gasteiger partial charge in [0.1, 0.15) is 17.5 Å². The summed E-state index contributed by atoms with van der Waals surface area (Å²) in [6.07, 6.45) is 13.3. The average Bonchev–Trinajstić information content (AvgIpc) is 2.09. The van der Waals surface area contributed by atoms with E-state index in [9.17, 15) is 19.3 Å². The van der Waals surface area contributed by atoms with Crippen molar-refractivity contribution in [1.29, 1.82) is 0 Å². The quantitative estimate of drug-likeness (QED) is 0.0200. The lowest BCUT2D eigenvalue weighted by molar-refractivity contribution is 0.0194. The zero-order valence-electron chi connectivity index (χ0n) is 46.9. The number of aromatic nitrogens is 12. The number of nitrogen functional groups attached to an aromatic ring is 6. The molecule has 0 aliphatic carbocycles. The van der Waals surface area contributed by atoms with E-state index in [1.54, 1.807) is 20.8 Å². The Bertz CT molecular complexity index is 4370. The van der Waals surface area contributed by atoms with Crippen LogP contribution in [0.1, 0.15) is 71.1 Å². The number of nitrogens with two attached hydrogens (primary N) is 6. The van der Waals surface area contributed by atoms with Crippen LogP contribution in [0.5, 0.6) is 0 Å². The molecule has 28 nitrogen and oxygen atoms in total. The molecule has 0 saturated carbocycles. The Hall–Kier alpha value is -11.0. The van der Waals surface area contributed by atoms with Crippen LogP contribution in [-0.4, -0.2) is 82.0 Å². The lowest BCUT2D eigenvalue weighted by Gasteiger charge is -2.15. The van der Waals surface area contributed by atoms with Gasteiger partial charge in [-0.3, -0.25) is 29.3 Å². The van der Waals surface area contributed by atoms with Gasteiger partial charge in [-0.15, -0.1) is 13.6 Å². The van der Waals surface area contributed by atoms with Crippen LogP contribution < -0.4 is 34.4 Å². The highest BCUT2D eigenvalue weighted by molar-refractivity contribution is 7.55. The molecule has 9 heterocycles. The molecule has 89 heavy (non-hydrogen) atoms. The molecule has 3 aromatic carbocycles. The third-order valence-corrected chi connectivity index (χ3v) is 15.8. The number of carbonyl (C=O) groups excluding carboxylic acids is 3. The van der Waals surface area contributed by atoms with E-state index < -0.39 is 45.8 Å². The molecule has 0 atom stereocenters. The fourth-order valence-electron chi connectivity index (χ4n) is 9.97. The summed E-state index contributed by atoms with van der Waals surface area (Å²) in [5.41, 5.74) is 39.3. The molecule has 12 aromatic rings. The highest BCUT2D eigenvalue weighted by Gasteiger charge is 2.46. The fraction of sp³-hybridized carbons (Fsp3) is 0.158. The second kappa shape index (κ2) is 23.0. The number of hydrogen-bond donors (Lipinski definition) is 7. The number of anilines is 6. The van der Waals surface area contributed by atoms with Gasteiger partial charge in [-0.2, -0.15) is 20.2 Å². The lowest BCUT2D eigenvalue weighted by atomic mass is 9.98. The molecule has 0 unspecified atom stereocenters. The molecular weight excluding hydrogens is 1180 g/mol. The molecule has 0 bridgehead atoms. The predicted molar refractivity (Wildman–Crippen MR) is 318 cm³/mol. The lowest BCUT2D eigenvalue weighted by Crippen LogP contribution is -2.14. The number of carbonyl (C=O) groups is 3. The minimum Gasteiger partial charge on any atom is -0.398 e. The minimum atomic E-state index is -4.51. The van der Waals surface area contributed by atoms with Crippen molar-refractivity contribution in [1.82, 2.24) is 59.8 Å². The molecule has 0 spiro atoms. The highest BCUT2D eigenvalue weighted by atomic mass is 31.2. The monoisotopic (exact) mass is 1230 g/mol. The van der Waals surface area contributed by atoms with Crippen molar-refractivity contribution in [3.63, 3.8) is 0 Å². The van der Waals surface area contributed by atoms with Gasteiger partial charge < -0.3 is 48.0 Å². The first kappa shape index (κ1) is 58.4. The normalized spacial score (nSPS) is 11.9. The summed E-state index contributed by atoms with van der Waals surface area (Å²) >= 11 is 0. The molecular formula is C57H49F3N18O10P+. The first-order valence-electron chi connectivity index (χ1n) is 26.9. The zero-order valence-corrected chi connectivity index (χ0v) is 47.8. The third-order valence-electron chi connectivity index (χ3n) is 14.5. The van der Waals surface area contributed by atoms with Gasteiger partial charge in [-0.05, 0) is 36.4 Å². The molecule has 32 heteroatoms.